The van der Waals surface area contributed by atoms with E-state index >= 15 is 0 Å². The molecule has 1 amide bonds. The third kappa shape index (κ3) is 3.14. The van der Waals surface area contributed by atoms with Crippen LogP contribution in [0.15, 0.2) is 24.3 Å². The van der Waals surface area contributed by atoms with Crippen molar-refractivity contribution in [2.45, 2.75) is 40.7 Å². The number of nitrogens with one attached hydrogen (secondary N) is 3. The lowest BCUT2D eigenvalue weighted by molar-refractivity contribution is 0.0918. The van der Waals surface area contributed by atoms with Crippen LogP contribution in [0, 0.1) is 19.8 Å². The zero-order valence-electron chi connectivity index (χ0n) is 15.7. The molecule has 0 spiro atoms. The molecule has 0 bridgehead atoms. The number of rotatable bonds is 5. The molecular weight excluding hydrogens is 328 g/mol. The minimum absolute atomic E-state index is 0.0482. The van der Waals surface area contributed by atoms with Crippen LogP contribution in [0.4, 0.5) is 0 Å². The molecule has 0 aliphatic heterocycles. The lowest BCUT2D eigenvalue weighted by Crippen LogP contribution is -2.33. The number of hydrogen-bond acceptors (Lipinski definition) is 3. The minimum Gasteiger partial charge on any atom is -0.354 e. The summed E-state index contributed by atoms with van der Waals surface area (Å²) < 4.78 is 0. The van der Waals surface area contributed by atoms with E-state index in [4.69, 9.17) is 0 Å². The van der Waals surface area contributed by atoms with Gasteiger partial charge in [-0.25, -0.2) is 4.98 Å². The molecule has 3 rings (SSSR count). The number of imidazole rings is 1. The van der Waals surface area contributed by atoms with Crippen LogP contribution < -0.4 is 5.32 Å². The summed E-state index contributed by atoms with van der Waals surface area (Å²) in [5, 5.41) is 3.06. The molecule has 26 heavy (non-hydrogen) atoms. The van der Waals surface area contributed by atoms with E-state index in [1.807, 2.05) is 38.1 Å². The van der Waals surface area contributed by atoms with Gasteiger partial charge in [0.25, 0.3) is 5.91 Å². The number of amides is 1. The SMILES string of the molecule is CC(=O)c1c(C)[nH]c(C(=O)N[C@@H](c2nc3ccccc3[nH]2)C(C)C)c1C. The standard InChI is InChI=1S/C20H24N4O2/c1-10(2)17(19-22-14-8-6-7-9-15(14)23-19)24-20(26)18-11(3)16(13(5)25)12(4)21-18/h6-10,17,21H,1-5H3,(H,22,23)(H,24,26)/t17-/m1/s1. The quantitative estimate of drug-likeness (QED) is 0.609. The van der Waals surface area contributed by atoms with Gasteiger partial charge in [-0.15, -0.1) is 0 Å². The highest BCUT2D eigenvalue weighted by Crippen LogP contribution is 2.24. The molecule has 0 fully saturated rings. The molecule has 6 nitrogen and oxygen atoms in total. The summed E-state index contributed by atoms with van der Waals surface area (Å²) in [4.78, 5) is 35.6. The van der Waals surface area contributed by atoms with E-state index in [1.54, 1.807) is 13.8 Å². The summed E-state index contributed by atoms with van der Waals surface area (Å²) in [5.41, 5.74) is 4.21. The van der Waals surface area contributed by atoms with Gasteiger partial charge in [0, 0.05) is 11.3 Å². The topological polar surface area (TPSA) is 90.6 Å². The summed E-state index contributed by atoms with van der Waals surface area (Å²) in [6.45, 7) is 9.18. The molecular formula is C20H24N4O2. The first kappa shape index (κ1) is 17.9. The van der Waals surface area contributed by atoms with Crippen LogP contribution in [0.3, 0.4) is 0 Å². The molecule has 0 aliphatic carbocycles. The molecule has 0 saturated carbocycles. The number of Topliss-reactive ketones (excluding diaryl/α,β-unsaturated/α-hetero) is 1. The number of hydrogen-bond donors (Lipinski definition) is 3. The summed E-state index contributed by atoms with van der Waals surface area (Å²) in [6.07, 6.45) is 0. The Morgan fingerprint density at radius 3 is 2.38 bits per heavy atom. The highest BCUT2D eigenvalue weighted by Gasteiger charge is 2.25. The van der Waals surface area contributed by atoms with Crippen molar-refractivity contribution in [2.75, 3.05) is 0 Å². The molecule has 0 aliphatic rings. The smallest absolute Gasteiger partial charge is 0.268 e. The van der Waals surface area contributed by atoms with Gasteiger partial charge < -0.3 is 15.3 Å². The van der Waals surface area contributed by atoms with Gasteiger partial charge >= 0.3 is 0 Å². The number of aromatic amines is 2. The van der Waals surface area contributed by atoms with Crippen LogP contribution in [-0.4, -0.2) is 26.6 Å². The Bertz CT molecular complexity index is 948. The highest BCUT2D eigenvalue weighted by molar-refractivity contribution is 6.02. The third-order valence-corrected chi connectivity index (χ3v) is 4.67. The van der Waals surface area contributed by atoms with E-state index in [9.17, 15) is 9.59 Å². The maximum atomic E-state index is 12.9. The Balaban J connectivity index is 1.92. The van der Waals surface area contributed by atoms with Crippen molar-refractivity contribution < 1.29 is 9.59 Å². The zero-order valence-corrected chi connectivity index (χ0v) is 15.7. The number of carbonyl (C=O) groups is 2. The predicted octanol–water partition coefficient (Wildman–Crippen LogP) is 3.84. The second-order valence-electron chi connectivity index (χ2n) is 7.02. The average Bonchev–Trinajstić information content (AvgIpc) is 3.12. The van der Waals surface area contributed by atoms with E-state index in [1.165, 1.54) is 6.92 Å². The van der Waals surface area contributed by atoms with Gasteiger partial charge in [0.1, 0.15) is 11.5 Å². The average molecular weight is 352 g/mol. The number of carbonyl (C=O) groups excluding carboxylic acids is 2. The fourth-order valence-electron chi connectivity index (χ4n) is 3.39. The van der Waals surface area contributed by atoms with E-state index in [2.05, 4.69) is 20.3 Å². The molecule has 6 heteroatoms. The van der Waals surface area contributed by atoms with E-state index in [0.29, 0.717) is 22.5 Å². The first-order valence-corrected chi connectivity index (χ1v) is 8.75. The minimum atomic E-state index is -0.265. The first-order valence-electron chi connectivity index (χ1n) is 8.75. The molecule has 3 aromatic rings. The lowest BCUT2D eigenvalue weighted by Gasteiger charge is -2.20. The van der Waals surface area contributed by atoms with E-state index in [0.717, 1.165) is 16.9 Å². The summed E-state index contributed by atoms with van der Waals surface area (Å²) >= 11 is 0. The first-order chi connectivity index (χ1) is 12.3. The molecule has 0 unspecified atom stereocenters. The van der Waals surface area contributed by atoms with Crippen LogP contribution in [0.5, 0.6) is 0 Å². The van der Waals surface area contributed by atoms with Crippen molar-refractivity contribution in [1.29, 1.82) is 0 Å². The van der Waals surface area contributed by atoms with Gasteiger partial charge in [0.15, 0.2) is 5.78 Å². The molecule has 3 N–H and O–H groups in total. The number of aromatic nitrogens is 3. The van der Waals surface area contributed by atoms with Crippen LogP contribution >= 0.6 is 0 Å². The number of fused-ring (bicyclic) bond motifs is 1. The Labute approximate surface area is 152 Å². The maximum absolute atomic E-state index is 12.9. The fraction of sp³-hybridized carbons (Fsp3) is 0.350. The van der Waals surface area contributed by atoms with Gasteiger partial charge in [-0.3, -0.25) is 9.59 Å². The van der Waals surface area contributed by atoms with Crippen molar-refractivity contribution in [3.05, 3.63) is 52.6 Å². The number of H-pyrrole nitrogens is 2. The summed E-state index contributed by atoms with van der Waals surface area (Å²) in [6, 6.07) is 7.51. The lowest BCUT2D eigenvalue weighted by atomic mass is 10.0. The Hall–Kier alpha value is -2.89. The number of para-hydroxylation sites is 2. The largest absolute Gasteiger partial charge is 0.354 e. The highest BCUT2D eigenvalue weighted by atomic mass is 16.2. The Kier molecular flexibility index (Phi) is 4.68. The van der Waals surface area contributed by atoms with Gasteiger partial charge in [0.05, 0.1) is 17.1 Å². The Morgan fingerprint density at radius 2 is 1.81 bits per heavy atom. The van der Waals surface area contributed by atoms with Gasteiger partial charge in [0.2, 0.25) is 0 Å². The summed E-state index contributed by atoms with van der Waals surface area (Å²) in [7, 11) is 0. The summed E-state index contributed by atoms with van der Waals surface area (Å²) in [5.74, 6) is 0.579. The number of aryl methyl sites for hydroxylation is 1. The zero-order chi connectivity index (χ0) is 19.0. The molecule has 136 valence electrons. The molecule has 0 saturated heterocycles. The van der Waals surface area contributed by atoms with E-state index < -0.39 is 0 Å². The van der Waals surface area contributed by atoms with Gasteiger partial charge in [-0.1, -0.05) is 26.0 Å². The van der Waals surface area contributed by atoms with Crippen molar-refractivity contribution >= 4 is 22.7 Å². The second kappa shape index (κ2) is 6.78. The van der Waals surface area contributed by atoms with Crippen molar-refractivity contribution in [3.63, 3.8) is 0 Å². The van der Waals surface area contributed by atoms with Crippen molar-refractivity contribution in [2.24, 2.45) is 5.92 Å². The molecule has 1 atom stereocenters. The normalized spacial score (nSPS) is 12.5. The number of benzene rings is 1. The molecule has 2 heterocycles. The molecule has 1 aromatic carbocycles. The van der Waals surface area contributed by atoms with Crippen molar-refractivity contribution in [3.8, 4) is 0 Å². The van der Waals surface area contributed by atoms with Crippen molar-refractivity contribution in [1.82, 2.24) is 20.3 Å². The predicted molar refractivity (Wildman–Crippen MR) is 101 cm³/mol. The van der Waals surface area contributed by atoms with Crippen LogP contribution in [0.25, 0.3) is 11.0 Å². The van der Waals surface area contributed by atoms with Crippen LogP contribution in [0.2, 0.25) is 0 Å². The van der Waals surface area contributed by atoms with Gasteiger partial charge in [-0.05, 0) is 44.4 Å². The van der Waals surface area contributed by atoms with E-state index in [-0.39, 0.29) is 23.7 Å². The Morgan fingerprint density at radius 1 is 1.12 bits per heavy atom. The fourth-order valence-corrected chi connectivity index (χ4v) is 3.39. The number of nitrogens with zero attached hydrogens (tertiary/aromatic N) is 1. The van der Waals surface area contributed by atoms with Crippen LogP contribution in [-0.2, 0) is 0 Å². The number of ketones is 1. The van der Waals surface area contributed by atoms with Crippen LogP contribution in [0.1, 0.15) is 64.7 Å². The second-order valence-corrected chi connectivity index (χ2v) is 7.02. The monoisotopic (exact) mass is 352 g/mol. The molecule has 2 aromatic heterocycles. The van der Waals surface area contributed by atoms with Gasteiger partial charge in [-0.2, -0.15) is 0 Å². The third-order valence-electron chi connectivity index (χ3n) is 4.67. The maximum Gasteiger partial charge on any atom is 0.268 e. The molecule has 0 radical (unpaired) electrons.